The van der Waals surface area contributed by atoms with Crippen molar-refractivity contribution in [1.29, 1.82) is 0 Å². The van der Waals surface area contributed by atoms with Crippen LogP contribution >= 0.6 is 11.3 Å². The van der Waals surface area contributed by atoms with Gasteiger partial charge in [-0.15, -0.1) is 11.3 Å². The lowest BCUT2D eigenvalue weighted by atomic mass is 10.1. The van der Waals surface area contributed by atoms with Crippen LogP contribution in [-0.2, 0) is 6.54 Å². The van der Waals surface area contributed by atoms with Gasteiger partial charge in [0.1, 0.15) is 0 Å². The Morgan fingerprint density at radius 3 is 2.70 bits per heavy atom. The molecule has 1 aliphatic rings. The summed E-state index contributed by atoms with van der Waals surface area (Å²) in [5, 5.41) is 13.8. The fourth-order valence-corrected chi connectivity index (χ4v) is 3.70. The van der Waals surface area contributed by atoms with E-state index in [1.807, 2.05) is 16.3 Å². The highest BCUT2D eigenvalue weighted by molar-refractivity contribution is 7.10. The van der Waals surface area contributed by atoms with Gasteiger partial charge in [-0.05, 0) is 42.0 Å². The first-order valence-electron chi connectivity index (χ1n) is 7.55. The molecule has 1 aromatic heterocycles. The Morgan fingerprint density at radius 1 is 1.26 bits per heavy atom. The number of carbonyl (C=O) groups excluding carboxylic acids is 1. The van der Waals surface area contributed by atoms with Crippen LogP contribution in [0, 0.1) is 0 Å². The molecule has 6 heteroatoms. The third-order valence-electron chi connectivity index (χ3n) is 4.03. The monoisotopic (exact) mass is 330 g/mol. The van der Waals surface area contributed by atoms with Gasteiger partial charge >= 0.3 is 12.0 Å². The van der Waals surface area contributed by atoms with E-state index in [-0.39, 0.29) is 17.6 Å². The van der Waals surface area contributed by atoms with Crippen molar-refractivity contribution in [3.8, 4) is 0 Å². The van der Waals surface area contributed by atoms with Crippen LogP contribution in [0.25, 0.3) is 0 Å². The maximum atomic E-state index is 12.4. The van der Waals surface area contributed by atoms with Crippen molar-refractivity contribution < 1.29 is 14.7 Å². The van der Waals surface area contributed by atoms with Crippen LogP contribution in [0.5, 0.6) is 0 Å². The summed E-state index contributed by atoms with van der Waals surface area (Å²) in [6.07, 6.45) is 2.02. The summed E-state index contributed by atoms with van der Waals surface area (Å²) in [5.41, 5.74) is 1.13. The molecular formula is C17H18N2O3S. The van der Waals surface area contributed by atoms with Gasteiger partial charge in [-0.2, -0.15) is 0 Å². The number of rotatable bonds is 4. The van der Waals surface area contributed by atoms with Crippen molar-refractivity contribution in [2.45, 2.75) is 25.4 Å². The molecular weight excluding hydrogens is 312 g/mol. The lowest BCUT2D eigenvalue weighted by Gasteiger charge is -2.24. The van der Waals surface area contributed by atoms with Crippen molar-refractivity contribution in [1.82, 2.24) is 10.2 Å². The number of carboxylic acid groups (broad SMARTS) is 1. The summed E-state index contributed by atoms with van der Waals surface area (Å²) in [4.78, 5) is 26.4. The molecule has 1 saturated heterocycles. The van der Waals surface area contributed by atoms with Crippen molar-refractivity contribution in [3.63, 3.8) is 0 Å². The molecule has 1 aromatic carbocycles. The summed E-state index contributed by atoms with van der Waals surface area (Å²) in [6, 6.07) is 10.7. The van der Waals surface area contributed by atoms with E-state index in [1.54, 1.807) is 35.6 Å². The quantitative estimate of drug-likeness (QED) is 0.901. The zero-order chi connectivity index (χ0) is 16.2. The molecule has 0 radical (unpaired) electrons. The molecule has 0 saturated carbocycles. The average Bonchev–Trinajstić information content (AvgIpc) is 3.23. The lowest BCUT2D eigenvalue weighted by molar-refractivity contribution is 0.0697. The van der Waals surface area contributed by atoms with E-state index in [0.29, 0.717) is 6.54 Å². The highest BCUT2D eigenvalue weighted by Crippen LogP contribution is 2.34. The number of likely N-dealkylation sites (tertiary alicyclic amines) is 1. The van der Waals surface area contributed by atoms with Crippen molar-refractivity contribution >= 4 is 23.3 Å². The molecule has 23 heavy (non-hydrogen) atoms. The molecule has 1 unspecified atom stereocenters. The van der Waals surface area contributed by atoms with Gasteiger partial charge in [0.25, 0.3) is 0 Å². The predicted molar refractivity (Wildman–Crippen MR) is 88.6 cm³/mol. The second-order valence-corrected chi connectivity index (χ2v) is 6.51. The van der Waals surface area contributed by atoms with E-state index >= 15 is 0 Å². The number of nitrogens with zero attached hydrogens (tertiary/aromatic N) is 1. The van der Waals surface area contributed by atoms with Gasteiger partial charge in [0.15, 0.2) is 0 Å². The number of thiophene rings is 1. The fourth-order valence-electron chi connectivity index (χ4n) is 2.83. The third kappa shape index (κ3) is 3.53. The molecule has 1 fully saturated rings. The first kappa shape index (κ1) is 15.6. The topological polar surface area (TPSA) is 69.6 Å². The van der Waals surface area contributed by atoms with Gasteiger partial charge < -0.3 is 15.3 Å². The van der Waals surface area contributed by atoms with Crippen LogP contribution in [0.3, 0.4) is 0 Å². The van der Waals surface area contributed by atoms with E-state index in [0.717, 1.165) is 24.9 Å². The van der Waals surface area contributed by atoms with E-state index in [1.165, 1.54) is 4.88 Å². The number of benzene rings is 1. The molecule has 3 rings (SSSR count). The maximum absolute atomic E-state index is 12.4. The van der Waals surface area contributed by atoms with E-state index in [2.05, 4.69) is 11.4 Å². The molecule has 0 spiro atoms. The number of hydrogen-bond donors (Lipinski definition) is 2. The average molecular weight is 330 g/mol. The molecule has 2 N–H and O–H groups in total. The standard InChI is InChI=1S/C17H18N2O3S/c20-16(21)13-7-5-12(6-8-13)11-18-17(22)19-9-1-3-14(19)15-4-2-10-23-15/h2,4-8,10,14H,1,3,9,11H2,(H,18,22)(H,20,21). The number of aromatic carboxylic acids is 1. The van der Waals surface area contributed by atoms with Crippen LogP contribution in [0.2, 0.25) is 0 Å². The van der Waals surface area contributed by atoms with Gasteiger partial charge in [-0.25, -0.2) is 9.59 Å². The summed E-state index contributed by atoms with van der Waals surface area (Å²) in [6.45, 7) is 1.17. The largest absolute Gasteiger partial charge is 0.478 e. The molecule has 2 amide bonds. The highest BCUT2D eigenvalue weighted by Gasteiger charge is 2.30. The van der Waals surface area contributed by atoms with Gasteiger partial charge in [-0.1, -0.05) is 18.2 Å². The van der Waals surface area contributed by atoms with Crippen molar-refractivity contribution in [2.24, 2.45) is 0 Å². The first-order chi connectivity index (χ1) is 11.1. The number of nitrogens with one attached hydrogen (secondary N) is 1. The van der Waals surface area contributed by atoms with Gasteiger partial charge in [0, 0.05) is 18.0 Å². The summed E-state index contributed by atoms with van der Waals surface area (Å²) < 4.78 is 0. The van der Waals surface area contributed by atoms with Crippen LogP contribution < -0.4 is 5.32 Å². The number of carbonyl (C=O) groups is 2. The predicted octanol–water partition coefficient (Wildman–Crippen LogP) is 3.49. The summed E-state index contributed by atoms with van der Waals surface area (Å²) in [7, 11) is 0. The summed E-state index contributed by atoms with van der Waals surface area (Å²) in [5.74, 6) is -0.948. The SMILES string of the molecule is O=C(O)c1ccc(CNC(=O)N2CCCC2c2cccs2)cc1. The second-order valence-electron chi connectivity index (χ2n) is 5.53. The minimum atomic E-state index is -0.948. The van der Waals surface area contributed by atoms with Crippen LogP contribution in [-0.4, -0.2) is 28.6 Å². The molecule has 0 bridgehead atoms. The van der Waals surface area contributed by atoms with E-state index in [9.17, 15) is 9.59 Å². The van der Waals surface area contributed by atoms with Crippen LogP contribution in [0.4, 0.5) is 4.79 Å². The highest BCUT2D eigenvalue weighted by atomic mass is 32.1. The Labute approximate surface area is 138 Å². The Kier molecular flexibility index (Phi) is 4.62. The van der Waals surface area contributed by atoms with Gasteiger partial charge in [-0.3, -0.25) is 0 Å². The van der Waals surface area contributed by atoms with Crippen LogP contribution in [0.1, 0.15) is 39.7 Å². The summed E-state index contributed by atoms with van der Waals surface area (Å²) >= 11 is 1.68. The van der Waals surface area contributed by atoms with Crippen LogP contribution in [0.15, 0.2) is 41.8 Å². The smallest absolute Gasteiger partial charge is 0.335 e. The molecule has 2 aromatic rings. The van der Waals surface area contributed by atoms with E-state index in [4.69, 9.17) is 5.11 Å². The molecule has 0 aliphatic carbocycles. The molecule has 1 atom stereocenters. The number of amides is 2. The fraction of sp³-hybridized carbons (Fsp3) is 0.294. The Bertz CT molecular complexity index is 682. The molecule has 2 heterocycles. The van der Waals surface area contributed by atoms with E-state index < -0.39 is 5.97 Å². The third-order valence-corrected chi connectivity index (χ3v) is 5.00. The molecule has 1 aliphatic heterocycles. The van der Waals surface area contributed by atoms with Gasteiger partial charge in [0.2, 0.25) is 0 Å². The normalized spacial score (nSPS) is 17.2. The zero-order valence-corrected chi connectivity index (χ0v) is 13.4. The molecule has 5 nitrogen and oxygen atoms in total. The second kappa shape index (κ2) is 6.83. The van der Waals surface area contributed by atoms with Crippen molar-refractivity contribution in [3.05, 3.63) is 57.8 Å². The Balaban J connectivity index is 1.59. The van der Waals surface area contributed by atoms with Gasteiger partial charge in [0.05, 0.1) is 11.6 Å². The lowest BCUT2D eigenvalue weighted by Crippen LogP contribution is -2.38. The number of hydrogen-bond acceptors (Lipinski definition) is 3. The zero-order valence-electron chi connectivity index (χ0n) is 12.6. The number of carboxylic acids is 1. The number of urea groups is 1. The van der Waals surface area contributed by atoms with Crippen molar-refractivity contribution in [2.75, 3.05) is 6.54 Å². The minimum absolute atomic E-state index is 0.0665. The maximum Gasteiger partial charge on any atom is 0.335 e. The Hall–Kier alpha value is -2.34. The molecule has 120 valence electrons. The Morgan fingerprint density at radius 2 is 2.04 bits per heavy atom. The first-order valence-corrected chi connectivity index (χ1v) is 8.43. The minimum Gasteiger partial charge on any atom is -0.478 e.